The summed E-state index contributed by atoms with van der Waals surface area (Å²) in [6.07, 6.45) is 13.3. The van der Waals surface area contributed by atoms with Crippen LogP contribution in [0.4, 0.5) is 0 Å². The van der Waals surface area contributed by atoms with E-state index in [0.717, 1.165) is 25.2 Å². The van der Waals surface area contributed by atoms with E-state index in [2.05, 4.69) is 56.1 Å². The van der Waals surface area contributed by atoms with Crippen LogP contribution in [0.3, 0.4) is 0 Å². The number of benzene rings is 1. The number of hydrogen-bond acceptors (Lipinski definition) is 3. The van der Waals surface area contributed by atoms with Crippen molar-refractivity contribution >= 4 is 0 Å². The van der Waals surface area contributed by atoms with Crippen LogP contribution in [-0.4, -0.2) is 51.3 Å². The van der Waals surface area contributed by atoms with E-state index in [0.29, 0.717) is 0 Å². The van der Waals surface area contributed by atoms with Gasteiger partial charge in [0, 0.05) is 37.6 Å². The van der Waals surface area contributed by atoms with Gasteiger partial charge in [0.2, 0.25) is 0 Å². The normalized spacial score (nSPS) is 24.0. The fourth-order valence-corrected chi connectivity index (χ4v) is 5.07. The van der Waals surface area contributed by atoms with Crippen LogP contribution in [0.5, 0.6) is 0 Å². The van der Waals surface area contributed by atoms with Crippen LogP contribution >= 0.6 is 0 Å². The maximum atomic E-state index is 4.30. The molecule has 1 aromatic heterocycles. The topological polar surface area (TPSA) is 24.3 Å². The molecule has 4 heteroatoms. The molecule has 2 unspecified atom stereocenters. The third-order valence-electron chi connectivity index (χ3n) is 6.39. The summed E-state index contributed by atoms with van der Waals surface area (Å²) in [5.41, 5.74) is 1.47. The average molecular weight is 367 g/mol. The number of rotatable bonds is 9. The lowest BCUT2D eigenvalue weighted by molar-refractivity contribution is 0.127. The minimum atomic E-state index is 0.761. The molecule has 27 heavy (non-hydrogen) atoms. The number of aryl methyl sites for hydroxylation is 1. The Kier molecular flexibility index (Phi) is 6.59. The first kappa shape index (κ1) is 18.7. The van der Waals surface area contributed by atoms with Crippen molar-refractivity contribution in [2.24, 2.45) is 0 Å². The fourth-order valence-electron chi connectivity index (χ4n) is 5.07. The molecule has 0 saturated carbocycles. The monoisotopic (exact) mass is 366 g/mol. The van der Waals surface area contributed by atoms with Gasteiger partial charge in [-0.3, -0.25) is 14.5 Å². The maximum Gasteiger partial charge on any atom is 0.0489 e. The van der Waals surface area contributed by atoms with Crippen LogP contribution in [0.15, 0.2) is 48.8 Å². The molecule has 0 amide bonds. The summed E-state index contributed by atoms with van der Waals surface area (Å²) < 4.78 is 2.05. The molecule has 0 radical (unpaired) electrons. The lowest BCUT2D eigenvalue weighted by Gasteiger charge is -2.35. The highest BCUT2D eigenvalue weighted by atomic mass is 15.3. The van der Waals surface area contributed by atoms with Crippen molar-refractivity contribution in [2.75, 3.05) is 19.6 Å². The van der Waals surface area contributed by atoms with E-state index in [4.69, 9.17) is 0 Å². The molecular weight excluding hydrogens is 332 g/mol. The van der Waals surface area contributed by atoms with E-state index in [-0.39, 0.29) is 0 Å². The van der Waals surface area contributed by atoms with Crippen LogP contribution in [0.1, 0.15) is 50.5 Å². The number of likely N-dealkylation sites (tertiary alicyclic amines) is 2. The third-order valence-corrected chi connectivity index (χ3v) is 6.39. The van der Waals surface area contributed by atoms with Crippen LogP contribution < -0.4 is 0 Å². The van der Waals surface area contributed by atoms with Gasteiger partial charge in [-0.2, -0.15) is 5.10 Å². The van der Waals surface area contributed by atoms with Crippen molar-refractivity contribution in [3.63, 3.8) is 0 Å². The molecule has 0 aliphatic carbocycles. The van der Waals surface area contributed by atoms with Gasteiger partial charge in [-0.1, -0.05) is 36.8 Å². The molecule has 1 aromatic carbocycles. The standard InChI is InChI=1S/C23H34N4/c1-3-10-21(11-4-1)20-26-17-8-13-23(26)22-12-7-16-25(22)15-5-2-6-18-27-19-9-14-24-27/h1,3-4,9-11,14,19,22-23H,2,5-8,12-13,15-18,20H2. The van der Waals surface area contributed by atoms with Crippen molar-refractivity contribution in [1.82, 2.24) is 19.6 Å². The summed E-state index contributed by atoms with van der Waals surface area (Å²) in [5.74, 6) is 0. The van der Waals surface area contributed by atoms with E-state index in [1.54, 1.807) is 0 Å². The summed E-state index contributed by atoms with van der Waals surface area (Å²) in [4.78, 5) is 5.57. The van der Waals surface area contributed by atoms with Crippen molar-refractivity contribution in [3.8, 4) is 0 Å². The smallest absolute Gasteiger partial charge is 0.0489 e. The Bertz CT molecular complexity index is 654. The summed E-state index contributed by atoms with van der Waals surface area (Å²) in [6.45, 7) is 6.04. The Hall–Kier alpha value is -1.65. The SMILES string of the molecule is c1ccc(CN2CCCC2C2CCCN2CCCCCn2cccn2)cc1. The number of aromatic nitrogens is 2. The van der Waals surface area contributed by atoms with Crippen molar-refractivity contribution < 1.29 is 0 Å². The molecule has 4 nitrogen and oxygen atoms in total. The van der Waals surface area contributed by atoms with E-state index >= 15 is 0 Å². The van der Waals surface area contributed by atoms with Gasteiger partial charge in [-0.25, -0.2) is 0 Å². The van der Waals surface area contributed by atoms with Crippen LogP contribution in [-0.2, 0) is 13.1 Å². The quantitative estimate of drug-likeness (QED) is 0.622. The average Bonchev–Trinajstić information content (AvgIpc) is 3.44. The summed E-state index contributed by atoms with van der Waals surface area (Å²) in [5, 5.41) is 4.30. The zero-order valence-corrected chi connectivity index (χ0v) is 16.5. The lowest BCUT2D eigenvalue weighted by Crippen LogP contribution is -2.46. The summed E-state index contributed by atoms with van der Waals surface area (Å²) >= 11 is 0. The summed E-state index contributed by atoms with van der Waals surface area (Å²) in [6, 6.07) is 14.6. The molecule has 3 heterocycles. The van der Waals surface area contributed by atoms with Gasteiger partial charge in [0.25, 0.3) is 0 Å². The molecule has 0 spiro atoms. The van der Waals surface area contributed by atoms with Crippen molar-refractivity contribution in [1.29, 1.82) is 0 Å². The molecule has 2 aliphatic heterocycles. The van der Waals surface area contributed by atoms with Gasteiger partial charge in [-0.05, 0) is 69.8 Å². The molecule has 0 N–H and O–H groups in total. The van der Waals surface area contributed by atoms with Gasteiger partial charge >= 0.3 is 0 Å². The molecule has 146 valence electrons. The van der Waals surface area contributed by atoms with E-state index in [1.807, 2.05) is 12.3 Å². The zero-order chi connectivity index (χ0) is 18.3. The first-order valence-electron chi connectivity index (χ1n) is 10.9. The number of nitrogens with zero attached hydrogens (tertiary/aromatic N) is 4. The van der Waals surface area contributed by atoms with Gasteiger partial charge in [-0.15, -0.1) is 0 Å². The van der Waals surface area contributed by atoms with Crippen LogP contribution in [0.2, 0.25) is 0 Å². The predicted molar refractivity (Wildman–Crippen MR) is 111 cm³/mol. The molecule has 2 atom stereocenters. The van der Waals surface area contributed by atoms with E-state index in [1.165, 1.54) is 70.1 Å². The van der Waals surface area contributed by atoms with Crippen LogP contribution in [0.25, 0.3) is 0 Å². The molecule has 2 fully saturated rings. The van der Waals surface area contributed by atoms with E-state index in [9.17, 15) is 0 Å². The van der Waals surface area contributed by atoms with E-state index < -0.39 is 0 Å². The summed E-state index contributed by atoms with van der Waals surface area (Å²) in [7, 11) is 0. The zero-order valence-electron chi connectivity index (χ0n) is 16.5. The van der Waals surface area contributed by atoms with Gasteiger partial charge in [0.15, 0.2) is 0 Å². The van der Waals surface area contributed by atoms with Crippen molar-refractivity contribution in [3.05, 3.63) is 54.4 Å². The molecule has 2 saturated heterocycles. The minimum Gasteiger partial charge on any atom is -0.299 e. The Morgan fingerprint density at radius 3 is 2.33 bits per heavy atom. The molecular formula is C23H34N4. The molecule has 2 aromatic rings. The second-order valence-electron chi connectivity index (χ2n) is 8.24. The maximum absolute atomic E-state index is 4.30. The van der Waals surface area contributed by atoms with Crippen molar-refractivity contribution in [2.45, 2.75) is 70.1 Å². The third kappa shape index (κ3) is 4.99. The van der Waals surface area contributed by atoms with Gasteiger partial charge in [0.1, 0.15) is 0 Å². The van der Waals surface area contributed by atoms with Crippen LogP contribution in [0, 0.1) is 0 Å². The Balaban J connectivity index is 1.24. The highest BCUT2D eigenvalue weighted by molar-refractivity contribution is 5.15. The largest absolute Gasteiger partial charge is 0.299 e. The predicted octanol–water partition coefficient (Wildman–Crippen LogP) is 4.18. The highest BCUT2D eigenvalue weighted by Crippen LogP contribution is 2.31. The van der Waals surface area contributed by atoms with Gasteiger partial charge in [0.05, 0.1) is 0 Å². The molecule has 0 bridgehead atoms. The second kappa shape index (κ2) is 9.52. The number of unbranched alkanes of at least 4 members (excludes halogenated alkanes) is 2. The molecule has 2 aliphatic rings. The fraction of sp³-hybridized carbons (Fsp3) is 0.609. The Labute approximate surface area is 164 Å². The lowest BCUT2D eigenvalue weighted by atomic mass is 10.0. The number of hydrogen-bond donors (Lipinski definition) is 0. The van der Waals surface area contributed by atoms with Gasteiger partial charge < -0.3 is 0 Å². The Morgan fingerprint density at radius 2 is 1.56 bits per heavy atom. The first-order chi connectivity index (χ1) is 13.4. The minimum absolute atomic E-state index is 0.761. The highest BCUT2D eigenvalue weighted by Gasteiger charge is 2.37. The first-order valence-corrected chi connectivity index (χ1v) is 10.9. The molecule has 4 rings (SSSR count). The second-order valence-corrected chi connectivity index (χ2v) is 8.24. The Morgan fingerprint density at radius 1 is 0.815 bits per heavy atom.